The maximum Gasteiger partial charge on any atom is 2.00 e. The fourth-order valence-corrected chi connectivity index (χ4v) is 6.15. The number of halogens is 6. The topological polar surface area (TPSA) is 46.5 Å². The Hall–Kier alpha value is 3.58. The van der Waals surface area contributed by atoms with Gasteiger partial charge in [-0.3, -0.25) is 0 Å². The number of hydrogen-bond acceptors (Lipinski definition) is 3. The predicted molar refractivity (Wildman–Crippen MR) is 282 cm³/mol. The van der Waals surface area contributed by atoms with Crippen LogP contribution in [0.2, 0.25) is 0 Å². The second-order valence-electron chi connectivity index (χ2n) is 12.9. The van der Waals surface area contributed by atoms with E-state index in [4.69, 9.17) is 4.74 Å². The summed E-state index contributed by atoms with van der Waals surface area (Å²) in [5.41, 5.74) is 3.65. The van der Waals surface area contributed by atoms with Gasteiger partial charge in [0.1, 0.15) is 6.29 Å². The molecule has 2 saturated carbocycles. The minimum atomic E-state index is -0.322. The van der Waals surface area contributed by atoms with Crippen LogP contribution >= 0.6 is 99.9 Å². The molecule has 0 amide bonds. The van der Waals surface area contributed by atoms with Crippen LogP contribution in [0.5, 0.6) is 0 Å². The molecule has 0 radical (unpaired) electrons. The second-order valence-corrected chi connectivity index (χ2v) is 60.0. The molecule has 321 valence electrons. The Morgan fingerprint density at radius 1 is 0.857 bits per heavy atom. The molecule has 0 saturated heterocycles. The van der Waals surface area contributed by atoms with Crippen LogP contribution in [-0.2, 0) is 23.9 Å². The molecule has 2 aromatic rings. The molecule has 0 aromatic heterocycles. The van der Waals surface area contributed by atoms with E-state index in [0.717, 1.165) is 43.8 Å². The van der Waals surface area contributed by atoms with Crippen molar-refractivity contribution < 1.29 is 46.0 Å². The molecular formula is C44H71BrI5MgO3V2-2. The molecule has 0 bridgehead atoms. The predicted octanol–water partition coefficient (Wildman–Crippen LogP) is 13.2. The number of ether oxygens (including phenoxy) is 1. The Morgan fingerprint density at radius 3 is 1.54 bits per heavy atom. The van der Waals surface area contributed by atoms with Gasteiger partial charge in [0.15, 0.2) is 0 Å². The summed E-state index contributed by atoms with van der Waals surface area (Å²) in [4.78, 5) is 10.2. The van der Waals surface area contributed by atoms with Crippen LogP contribution in [-0.4, -0.2) is 47.7 Å². The summed E-state index contributed by atoms with van der Waals surface area (Å²) in [7, 11) is 0.628. The second kappa shape index (κ2) is 52.9. The molecule has 1 unspecified atom stereocenters. The van der Waals surface area contributed by atoms with Gasteiger partial charge in [-0.1, -0.05) is 68.5 Å². The summed E-state index contributed by atoms with van der Waals surface area (Å²) in [5.74, 6) is 3.98. The van der Waals surface area contributed by atoms with E-state index in [1.165, 1.54) is 49.7 Å². The average molecular weight is 1490 g/mol. The van der Waals surface area contributed by atoms with Crippen LogP contribution in [0.3, 0.4) is 0 Å². The SMILES string of the molecule is C=C(C)[C@@H]1CC[C@@H](C)[C@H](CC(O)c2ccccc2)C1.C=C(C)[C@@H]1CC[C@@H](C)[C@H](CC=O)C1.CCOCC.[Br-].[CH2-]C.[CH2-]C.[I][V]([I])[I].[I][V][I].[Mg+2].[c-]1ccccc1. The van der Waals surface area contributed by atoms with E-state index >= 15 is 0 Å². The van der Waals surface area contributed by atoms with Crippen molar-refractivity contribution in [3.8, 4) is 0 Å². The third-order valence-electron chi connectivity index (χ3n) is 9.24. The van der Waals surface area contributed by atoms with Gasteiger partial charge in [0.25, 0.3) is 0 Å². The standard InChI is InChI=1S/C18H26O.C12H20O.C6H5.C4H10O.2C2H5.BrH.5HI.Mg.2V/c1-13(2)16-10-9-14(3)17(11-16)12-18(19)15-7-5-4-6-8-15;1-9(2)11-5-4-10(3)12(8-11)6-7-13;1-2-4-6-5-3-1;1-3-5-4-2;2*1-2;;;;;;;;;/h4-8,14,16-19H,1,9-12H2,2-3H3;7,10-12H,1,4-6,8H2,2-3H3;1-5H;3-4H2,1-2H3;2*1H2,2H3;6*1H;;;/q;;-1;;2*-1;;;;;;;2*+2;+3/p-6/t14-,16-,17+,18?;10-,11-,12-;;;;;;;;;;;;;/m11............./s1. The van der Waals surface area contributed by atoms with Crippen LogP contribution in [0.4, 0.5) is 0 Å². The molecular weight excluding hydrogens is 1420 g/mol. The first kappa shape index (κ1) is 71.2. The summed E-state index contributed by atoms with van der Waals surface area (Å²) in [6, 6.07) is 22.5. The van der Waals surface area contributed by atoms with Crippen molar-refractivity contribution in [3.63, 3.8) is 0 Å². The number of aldehydes is 1. The van der Waals surface area contributed by atoms with E-state index in [1.807, 2.05) is 74.5 Å². The van der Waals surface area contributed by atoms with Gasteiger partial charge in [-0.25, -0.2) is 0 Å². The first-order chi connectivity index (χ1) is 25.8. The quantitative estimate of drug-likeness (QED) is 0.0895. The third kappa shape index (κ3) is 44.2. The Kier molecular flexibility index (Phi) is 67.3. The zero-order chi connectivity index (χ0) is 42.3. The zero-order valence-electron chi connectivity index (χ0n) is 35.4. The molecule has 7 atom stereocenters. The molecule has 0 spiro atoms. The van der Waals surface area contributed by atoms with Crippen LogP contribution in [0, 0.1) is 55.4 Å². The van der Waals surface area contributed by atoms with Crippen LogP contribution in [0.15, 0.2) is 85.0 Å². The third-order valence-corrected chi connectivity index (χ3v) is 9.24. The minimum Gasteiger partial charge on any atom is -0.184 e. The number of carbonyl (C=O) groups is 1. The van der Waals surface area contributed by atoms with Gasteiger partial charge in [-0.15, -0.1) is 0 Å². The van der Waals surface area contributed by atoms with Crippen LogP contribution in [0.1, 0.15) is 118 Å². The molecule has 2 fully saturated rings. The number of hydrogen-bond donors (Lipinski definition) is 1. The normalized spacial score (nSPS) is 20.4. The number of aliphatic hydroxyl groups excluding tert-OH is 1. The first-order valence-electron chi connectivity index (χ1n) is 18.9. The maximum atomic E-state index is 10.5. The van der Waals surface area contributed by atoms with E-state index in [0.29, 0.717) is 39.1 Å². The monoisotopic (exact) mass is 1490 g/mol. The molecule has 4 rings (SSSR count). The molecule has 12 heteroatoms. The number of allylic oxidation sites excluding steroid dienone is 2. The van der Waals surface area contributed by atoms with Gasteiger partial charge in [-0.05, 0) is 114 Å². The zero-order valence-corrected chi connectivity index (χ0v) is 52.0. The first-order valence-corrected chi connectivity index (χ1v) is 41.4. The Balaban J connectivity index is -0.000000147. The fourth-order valence-electron chi connectivity index (χ4n) is 6.15. The van der Waals surface area contributed by atoms with Crippen molar-refractivity contribution in [3.05, 3.63) is 110 Å². The van der Waals surface area contributed by atoms with Gasteiger partial charge >= 0.3 is 137 Å². The van der Waals surface area contributed by atoms with Crippen LogP contribution < -0.4 is 17.0 Å². The molecule has 0 heterocycles. The molecule has 1 N–H and O–H groups in total. The van der Waals surface area contributed by atoms with Crippen molar-refractivity contribution in [2.24, 2.45) is 35.5 Å². The van der Waals surface area contributed by atoms with Gasteiger partial charge in [-0.2, -0.15) is 50.2 Å². The van der Waals surface area contributed by atoms with Crippen molar-refractivity contribution in [2.45, 2.75) is 113 Å². The largest absolute Gasteiger partial charge is 2.00 e. The molecule has 2 aromatic carbocycles. The van der Waals surface area contributed by atoms with Gasteiger partial charge in [0.05, 0.1) is 6.10 Å². The molecule has 2 aliphatic carbocycles. The number of rotatable bonds is 9. The number of aliphatic hydroxyl groups is 1. The van der Waals surface area contributed by atoms with Gasteiger partial charge in [0, 0.05) is 19.6 Å². The van der Waals surface area contributed by atoms with Crippen molar-refractivity contribution in [2.75, 3.05) is 13.2 Å². The van der Waals surface area contributed by atoms with E-state index in [9.17, 15) is 9.90 Å². The number of benzene rings is 2. The van der Waals surface area contributed by atoms with E-state index in [-0.39, 0.29) is 51.1 Å². The molecule has 56 heavy (non-hydrogen) atoms. The Labute approximate surface area is 440 Å². The van der Waals surface area contributed by atoms with Crippen molar-refractivity contribution in [1.82, 2.24) is 0 Å². The number of carbonyl (C=O) groups excluding carboxylic acids is 1. The minimum absolute atomic E-state index is 0. The van der Waals surface area contributed by atoms with Crippen molar-refractivity contribution >= 4 is 129 Å². The molecule has 0 aliphatic heterocycles. The Morgan fingerprint density at radius 2 is 1.23 bits per heavy atom. The average Bonchev–Trinajstić information content (AvgIpc) is 3.17. The summed E-state index contributed by atoms with van der Waals surface area (Å²) < 4.78 is 4.83. The summed E-state index contributed by atoms with van der Waals surface area (Å²) in [6.45, 7) is 32.6. The smallest absolute Gasteiger partial charge is 0.184 e. The summed E-state index contributed by atoms with van der Waals surface area (Å²) in [5, 5.41) is 10.4. The maximum absolute atomic E-state index is 10.5. The van der Waals surface area contributed by atoms with Crippen molar-refractivity contribution in [1.29, 1.82) is 0 Å². The van der Waals surface area contributed by atoms with E-state index in [1.54, 1.807) is 13.8 Å². The van der Waals surface area contributed by atoms with E-state index < -0.39 is 0 Å². The van der Waals surface area contributed by atoms with Crippen LogP contribution in [0.25, 0.3) is 0 Å². The molecule has 3 nitrogen and oxygen atoms in total. The van der Waals surface area contributed by atoms with Gasteiger partial charge in [0.2, 0.25) is 0 Å². The molecule has 2 aliphatic rings. The summed E-state index contributed by atoms with van der Waals surface area (Å²) >= 11 is 12.1. The van der Waals surface area contributed by atoms with Gasteiger partial charge < -0.3 is 45.5 Å². The fraction of sp³-hybridized carbons (Fsp3) is 0.568. The Bertz CT molecular complexity index is 1070. The summed E-state index contributed by atoms with van der Waals surface area (Å²) in [6.07, 6.45) is 9.81. The van der Waals surface area contributed by atoms with E-state index in [2.05, 4.69) is 161 Å².